The van der Waals surface area contributed by atoms with Gasteiger partial charge in [-0.3, -0.25) is 13.7 Å². The van der Waals surface area contributed by atoms with Gasteiger partial charge in [0, 0.05) is 16.8 Å². The molecule has 0 aliphatic rings. The molecule has 0 saturated carbocycles. The summed E-state index contributed by atoms with van der Waals surface area (Å²) in [6.07, 6.45) is -4.49. The number of hydrogen-bond donors (Lipinski definition) is 1. The van der Waals surface area contributed by atoms with Gasteiger partial charge in [-0.15, -0.1) is 0 Å². The van der Waals surface area contributed by atoms with Crippen molar-refractivity contribution in [1.29, 1.82) is 0 Å². The molecule has 0 fully saturated rings. The van der Waals surface area contributed by atoms with E-state index in [1.54, 1.807) is 0 Å². The molecular weight excluding hydrogens is 247 g/mol. The van der Waals surface area contributed by atoms with E-state index >= 15 is 0 Å². The average molecular weight is 252 g/mol. The van der Waals surface area contributed by atoms with Gasteiger partial charge in [0.2, 0.25) is 0 Å². The number of carbonyl (C=O) groups is 1. The van der Waals surface area contributed by atoms with Gasteiger partial charge in [0.05, 0.1) is 5.56 Å². The van der Waals surface area contributed by atoms with Crippen molar-refractivity contribution >= 4 is 17.2 Å². The highest BCUT2D eigenvalue weighted by Crippen LogP contribution is 2.28. The summed E-state index contributed by atoms with van der Waals surface area (Å²) in [6.45, 7) is 0. The first-order valence-corrected chi connectivity index (χ1v) is 4.95. The molecule has 0 saturated heterocycles. The number of hydrogen-bond acceptors (Lipinski definition) is 3. The molecule has 1 aromatic carbocycles. The van der Waals surface area contributed by atoms with Gasteiger partial charge in [-0.05, 0) is 24.3 Å². The number of carbonyl (C=O) groups excluding carboxylic acids is 1. The van der Waals surface area contributed by atoms with Crippen LogP contribution in [0.5, 0.6) is 0 Å². The SMILES string of the molecule is O=C(NS(=O)[O-])c1ccc(C(F)(F)F)cc1. The van der Waals surface area contributed by atoms with Gasteiger partial charge in [0.15, 0.2) is 0 Å². The van der Waals surface area contributed by atoms with Gasteiger partial charge in [0.1, 0.15) is 0 Å². The minimum absolute atomic E-state index is 0.169. The van der Waals surface area contributed by atoms with E-state index < -0.39 is 28.9 Å². The number of amides is 1. The summed E-state index contributed by atoms with van der Waals surface area (Å²) in [7, 11) is 0. The molecule has 8 heteroatoms. The number of benzene rings is 1. The topological polar surface area (TPSA) is 69.2 Å². The van der Waals surface area contributed by atoms with Gasteiger partial charge in [-0.2, -0.15) is 13.2 Å². The lowest BCUT2D eigenvalue weighted by Crippen LogP contribution is -2.25. The number of rotatable bonds is 2. The van der Waals surface area contributed by atoms with Crippen LogP contribution in [0.3, 0.4) is 0 Å². The normalized spacial score (nSPS) is 13.2. The molecule has 1 atom stereocenters. The van der Waals surface area contributed by atoms with Gasteiger partial charge < -0.3 is 4.55 Å². The molecule has 0 bridgehead atoms. The monoisotopic (exact) mass is 252 g/mol. The van der Waals surface area contributed by atoms with E-state index in [1.165, 1.54) is 4.72 Å². The first-order valence-electron chi connectivity index (χ1n) is 3.88. The molecule has 1 N–H and O–H groups in total. The lowest BCUT2D eigenvalue weighted by atomic mass is 10.1. The maximum atomic E-state index is 12.1. The second-order valence-corrected chi connectivity index (χ2v) is 3.41. The summed E-state index contributed by atoms with van der Waals surface area (Å²) in [5, 5.41) is 0. The minimum Gasteiger partial charge on any atom is -0.755 e. The highest BCUT2D eigenvalue weighted by Gasteiger charge is 2.30. The minimum atomic E-state index is -4.49. The molecule has 0 aliphatic carbocycles. The number of halogens is 3. The molecule has 0 radical (unpaired) electrons. The predicted octanol–water partition coefficient (Wildman–Crippen LogP) is 1.23. The zero-order valence-electron chi connectivity index (χ0n) is 7.58. The van der Waals surface area contributed by atoms with Crippen molar-refractivity contribution in [2.45, 2.75) is 6.18 Å². The van der Waals surface area contributed by atoms with E-state index in [9.17, 15) is 26.7 Å². The van der Waals surface area contributed by atoms with Crippen molar-refractivity contribution in [1.82, 2.24) is 4.72 Å². The molecule has 0 heterocycles. The predicted molar refractivity (Wildman–Crippen MR) is 47.8 cm³/mol. The quantitative estimate of drug-likeness (QED) is 0.805. The van der Waals surface area contributed by atoms with E-state index in [4.69, 9.17) is 0 Å². The molecule has 1 aromatic rings. The molecule has 0 aromatic heterocycles. The second-order valence-electron chi connectivity index (χ2n) is 2.74. The lowest BCUT2D eigenvalue weighted by molar-refractivity contribution is -0.137. The van der Waals surface area contributed by atoms with Crippen LogP contribution < -0.4 is 4.72 Å². The van der Waals surface area contributed by atoms with E-state index in [-0.39, 0.29) is 5.56 Å². The van der Waals surface area contributed by atoms with Crippen LogP contribution >= 0.6 is 0 Å². The van der Waals surface area contributed by atoms with Crippen LogP contribution in [-0.4, -0.2) is 14.7 Å². The van der Waals surface area contributed by atoms with Crippen LogP contribution in [0.4, 0.5) is 13.2 Å². The first kappa shape index (κ1) is 12.7. The molecule has 0 aliphatic heterocycles. The summed E-state index contributed by atoms with van der Waals surface area (Å²) in [6, 6.07) is 3.18. The zero-order chi connectivity index (χ0) is 12.3. The maximum Gasteiger partial charge on any atom is 0.416 e. The maximum absolute atomic E-state index is 12.1. The highest BCUT2D eigenvalue weighted by atomic mass is 32.2. The second kappa shape index (κ2) is 4.62. The molecule has 16 heavy (non-hydrogen) atoms. The fourth-order valence-corrected chi connectivity index (χ4v) is 1.21. The summed E-state index contributed by atoms with van der Waals surface area (Å²) in [5.74, 6) is -0.984. The Kier molecular flexibility index (Phi) is 3.66. The molecule has 88 valence electrons. The fraction of sp³-hybridized carbons (Fsp3) is 0.125. The van der Waals surface area contributed by atoms with Crippen molar-refractivity contribution in [2.24, 2.45) is 0 Å². The third-order valence-electron chi connectivity index (χ3n) is 1.65. The number of nitrogens with one attached hydrogen (secondary N) is 1. The van der Waals surface area contributed by atoms with E-state index in [2.05, 4.69) is 0 Å². The summed E-state index contributed by atoms with van der Waals surface area (Å²) in [4.78, 5) is 11.0. The van der Waals surface area contributed by atoms with Crippen LogP contribution in [0, 0.1) is 0 Å². The van der Waals surface area contributed by atoms with Crippen molar-refractivity contribution in [3.63, 3.8) is 0 Å². The molecule has 1 unspecified atom stereocenters. The Morgan fingerprint density at radius 3 is 2.12 bits per heavy atom. The Hall–Kier alpha value is -1.41. The molecule has 4 nitrogen and oxygen atoms in total. The van der Waals surface area contributed by atoms with Crippen molar-refractivity contribution in [3.05, 3.63) is 35.4 Å². The van der Waals surface area contributed by atoms with Crippen molar-refractivity contribution in [3.8, 4) is 0 Å². The van der Waals surface area contributed by atoms with Gasteiger partial charge in [0.25, 0.3) is 5.91 Å². The molecule has 1 amide bonds. The Labute approximate surface area is 90.9 Å². The van der Waals surface area contributed by atoms with Gasteiger partial charge in [-0.1, -0.05) is 0 Å². The third-order valence-corrected chi connectivity index (χ3v) is 2.00. The lowest BCUT2D eigenvalue weighted by Gasteiger charge is -2.09. The van der Waals surface area contributed by atoms with Gasteiger partial charge in [-0.25, -0.2) is 0 Å². The van der Waals surface area contributed by atoms with Crippen LogP contribution in [-0.2, 0) is 17.4 Å². The van der Waals surface area contributed by atoms with Crippen molar-refractivity contribution in [2.75, 3.05) is 0 Å². The van der Waals surface area contributed by atoms with Crippen LogP contribution in [0.25, 0.3) is 0 Å². The smallest absolute Gasteiger partial charge is 0.416 e. The molecular formula is C8H5F3NO3S-. The zero-order valence-corrected chi connectivity index (χ0v) is 8.39. The largest absolute Gasteiger partial charge is 0.755 e. The standard InChI is InChI=1S/C8H6F3NO3S/c9-8(10,11)6-3-1-5(2-4-6)7(13)12-16(14)15/h1-4H,(H,12,13)(H,14,15)/p-1. The Morgan fingerprint density at radius 2 is 1.75 bits per heavy atom. The Bertz CT molecular complexity index is 416. The van der Waals surface area contributed by atoms with E-state index in [1.807, 2.05) is 0 Å². The van der Waals surface area contributed by atoms with Gasteiger partial charge >= 0.3 is 6.18 Å². The van der Waals surface area contributed by atoms with E-state index in [0.29, 0.717) is 12.1 Å². The Balaban J connectivity index is 2.87. The molecule has 1 rings (SSSR count). The van der Waals surface area contributed by atoms with Crippen molar-refractivity contribution < 1.29 is 26.7 Å². The average Bonchev–Trinajstić information content (AvgIpc) is 2.15. The molecule has 0 spiro atoms. The van der Waals surface area contributed by atoms with Crippen LogP contribution in [0.15, 0.2) is 24.3 Å². The van der Waals surface area contributed by atoms with Crippen LogP contribution in [0.1, 0.15) is 15.9 Å². The summed E-state index contributed by atoms with van der Waals surface area (Å²) < 4.78 is 58.1. The third kappa shape index (κ3) is 3.31. The summed E-state index contributed by atoms with van der Waals surface area (Å²) >= 11 is -2.79. The fourth-order valence-electron chi connectivity index (χ4n) is 0.945. The first-order chi connectivity index (χ1) is 7.30. The highest BCUT2D eigenvalue weighted by molar-refractivity contribution is 7.77. The number of alkyl halides is 3. The van der Waals surface area contributed by atoms with Crippen LogP contribution in [0.2, 0.25) is 0 Å². The van der Waals surface area contributed by atoms with E-state index in [0.717, 1.165) is 12.1 Å². The Morgan fingerprint density at radius 1 is 1.25 bits per heavy atom. The summed E-state index contributed by atoms with van der Waals surface area (Å²) in [5.41, 5.74) is -1.08.